The maximum atomic E-state index is 12.1. The number of carboxylic acids is 1. The summed E-state index contributed by atoms with van der Waals surface area (Å²) >= 11 is 0.777. The molecule has 2 rings (SSSR count). The standard InChI is InChI=1S/C14H13NO5S/c1-20-10-5-3-2-4-9(10)8-11-13(18)15(14(19)21-11)7-6-12(16)17/h2-5,8H,6-7H2,1H3,(H,16,17)/p-1/b11-8+. The third-order valence-electron chi connectivity index (χ3n) is 2.84. The normalized spacial score (nSPS) is 16.6. The van der Waals surface area contributed by atoms with Gasteiger partial charge in [0.15, 0.2) is 0 Å². The van der Waals surface area contributed by atoms with Crippen LogP contribution in [0.15, 0.2) is 29.2 Å². The number of nitrogens with zero attached hydrogens (tertiary/aromatic N) is 1. The number of imide groups is 1. The van der Waals surface area contributed by atoms with Crippen molar-refractivity contribution in [2.24, 2.45) is 0 Å². The highest BCUT2D eigenvalue weighted by atomic mass is 32.2. The van der Waals surface area contributed by atoms with Gasteiger partial charge in [0.25, 0.3) is 11.1 Å². The molecule has 2 amide bonds. The van der Waals surface area contributed by atoms with E-state index < -0.39 is 17.1 Å². The SMILES string of the molecule is COc1ccccc1/C=C1/SC(=O)N(CCC(=O)[O-])C1=O. The van der Waals surface area contributed by atoms with Crippen LogP contribution in [-0.4, -0.2) is 35.7 Å². The number of thioether (sulfide) groups is 1. The van der Waals surface area contributed by atoms with Crippen LogP contribution >= 0.6 is 11.8 Å². The van der Waals surface area contributed by atoms with Crippen molar-refractivity contribution in [1.29, 1.82) is 0 Å². The zero-order valence-electron chi connectivity index (χ0n) is 11.2. The minimum Gasteiger partial charge on any atom is -0.550 e. The third kappa shape index (κ3) is 3.43. The summed E-state index contributed by atoms with van der Waals surface area (Å²) in [5, 5.41) is 9.94. The van der Waals surface area contributed by atoms with E-state index in [1.54, 1.807) is 30.3 Å². The smallest absolute Gasteiger partial charge is 0.293 e. The Bertz CT molecular complexity index is 626. The van der Waals surface area contributed by atoms with E-state index in [9.17, 15) is 19.5 Å². The first-order chi connectivity index (χ1) is 10.0. The van der Waals surface area contributed by atoms with E-state index in [1.807, 2.05) is 0 Å². The molecule has 110 valence electrons. The number of methoxy groups -OCH3 is 1. The lowest BCUT2D eigenvalue weighted by molar-refractivity contribution is -0.305. The van der Waals surface area contributed by atoms with Gasteiger partial charge in [0.2, 0.25) is 0 Å². The second-order valence-electron chi connectivity index (χ2n) is 4.20. The van der Waals surface area contributed by atoms with E-state index in [4.69, 9.17) is 4.74 Å². The van der Waals surface area contributed by atoms with Crippen LogP contribution in [0, 0.1) is 0 Å². The van der Waals surface area contributed by atoms with Gasteiger partial charge in [0, 0.05) is 24.5 Å². The van der Waals surface area contributed by atoms with E-state index in [2.05, 4.69) is 0 Å². The molecule has 0 aromatic heterocycles. The lowest BCUT2D eigenvalue weighted by atomic mass is 10.2. The van der Waals surface area contributed by atoms with E-state index >= 15 is 0 Å². The average molecular weight is 306 g/mol. The summed E-state index contributed by atoms with van der Waals surface area (Å²) in [7, 11) is 1.51. The largest absolute Gasteiger partial charge is 0.550 e. The molecule has 1 heterocycles. The fraction of sp³-hybridized carbons (Fsp3) is 0.214. The van der Waals surface area contributed by atoms with Gasteiger partial charge < -0.3 is 14.6 Å². The van der Waals surface area contributed by atoms with Crippen LogP contribution in [0.4, 0.5) is 4.79 Å². The Morgan fingerprint density at radius 2 is 2.10 bits per heavy atom. The zero-order valence-corrected chi connectivity index (χ0v) is 12.0. The van der Waals surface area contributed by atoms with Crippen LogP contribution in [-0.2, 0) is 9.59 Å². The number of carbonyl (C=O) groups is 3. The number of aliphatic carboxylic acids is 1. The highest BCUT2D eigenvalue weighted by molar-refractivity contribution is 8.18. The zero-order chi connectivity index (χ0) is 15.4. The Morgan fingerprint density at radius 1 is 1.38 bits per heavy atom. The van der Waals surface area contributed by atoms with Gasteiger partial charge in [-0.05, 0) is 23.9 Å². The van der Waals surface area contributed by atoms with E-state index in [0.29, 0.717) is 11.3 Å². The van der Waals surface area contributed by atoms with Gasteiger partial charge in [-0.15, -0.1) is 0 Å². The summed E-state index contributed by atoms with van der Waals surface area (Å²) in [6.45, 7) is -0.184. The van der Waals surface area contributed by atoms with E-state index in [0.717, 1.165) is 16.7 Å². The van der Waals surface area contributed by atoms with Crippen LogP contribution in [0.1, 0.15) is 12.0 Å². The molecule has 6 nitrogen and oxygen atoms in total. The number of ether oxygens (including phenoxy) is 1. The van der Waals surface area contributed by atoms with Crippen molar-refractivity contribution in [2.75, 3.05) is 13.7 Å². The van der Waals surface area contributed by atoms with Crippen LogP contribution in [0.3, 0.4) is 0 Å². The number of hydrogen-bond acceptors (Lipinski definition) is 6. The molecular formula is C14H12NO5S-. The molecule has 21 heavy (non-hydrogen) atoms. The van der Waals surface area contributed by atoms with Gasteiger partial charge in [0.1, 0.15) is 5.75 Å². The average Bonchev–Trinajstić information content (AvgIpc) is 2.72. The fourth-order valence-electron chi connectivity index (χ4n) is 1.82. The minimum atomic E-state index is -1.30. The first-order valence-corrected chi connectivity index (χ1v) is 6.93. The number of hydrogen-bond donors (Lipinski definition) is 0. The number of para-hydroxylation sites is 1. The molecule has 1 fully saturated rings. The first-order valence-electron chi connectivity index (χ1n) is 6.11. The molecular weight excluding hydrogens is 294 g/mol. The molecule has 1 saturated heterocycles. The second kappa shape index (κ2) is 6.45. The van der Waals surface area contributed by atoms with Crippen LogP contribution in [0.5, 0.6) is 5.75 Å². The number of carboxylic acid groups (broad SMARTS) is 1. The molecule has 0 bridgehead atoms. The topological polar surface area (TPSA) is 86.7 Å². The van der Waals surface area contributed by atoms with Crippen molar-refractivity contribution in [3.8, 4) is 5.75 Å². The Kier molecular flexibility index (Phi) is 4.64. The van der Waals surface area contributed by atoms with Crippen molar-refractivity contribution in [3.05, 3.63) is 34.7 Å². The fourth-order valence-corrected chi connectivity index (χ4v) is 2.68. The van der Waals surface area contributed by atoms with Crippen LogP contribution in [0.2, 0.25) is 0 Å². The molecule has 7 heteroatoms. The molecule has 1 aliphatic heterocycles. The number of benzene rings is 1. The minimum absolute atomic E-state index is 0.184. The monoisotopic (exact) mass is 306 g/mol. The summed E-state index contributed by atoms with van der Waals surface area (Å²) in [5.74, 6) is -1.22. The predicted octanol–water partition coefficient (Wildman–Crippen LogP) is 0.871. The van der Waals surface area contributed by atoms with E-state index in [-0.39, 0.29) is 17.9 Å². The van der Waals surface area contributed by atoms with Gasteiger partial charge in [-0.2, -0.15) is 0 Å². The lowest BCUT2D eigenvalue weighted by Gasteiger charge is -2.12. The van der Waals surface area contributed by atoms with Crippen molar-refractivity contribution >= 4 is 35.0 Å². The molecule has 1 aromatic carbocycles. The van der Waals surface area contributed by atoms with Gasteiger partial charge in [-0.3, -0.25) is 14.5 Å². The Balaban J connectivity index is 2.22. The van der Waals surface area contributed by atoms with Gasteiger partial charge >= 0.3 is 0 Å². The van der Waals surface area contributed by atoms with Crippen molar-refractivity contribution in [1.82, 2.24) is 4.90 Å². The summed E-state index contributed by atoms with van der Waals surface area (Å²) in [5.41, 5.74) is 0.672. The second-order valence-corrected chi connectivity index (χ2v) is 5.19. The molecule has 0 saturated carbocycles. The Labute approximate surface area is 125 Å². The molecule has 0 unspecified atom stereocenters. The number of rotatable bonds is 5. The molecule has 0 atom stereocenters. The van der Waals surface area contributed by atoms with Crippen molar-refractivity contribution in [2.45, 2.75) is 6.42 Å². The first kappa shape index (κ1) is 15.1. The van der Waals surface area contributed by atoms with Crippen molar-refractivity contribution in [3.63, 3.8) is 0 Å². The summed E-state index contributed by atoms with van der Waals surface area (Å²) in [4.78, 5) is 35.4. The summed E-state index contributed by atoms with van der Waals surface area (Å²) in [6.07, 6.45) is 1.18. The van der Waals surface area contributed by atoms with Crippen molar-refractivity contribution < 1.29 is 24.2 Å². The van der Waals surface area contributed by atoms with Crippen LogP contribution in [0.25, 0.3) is 6.08 Å². The van der Waals surface area contributed by atoms with Gasteiger partial charge in [-0.1, -0.05) is 18.2 Å². The number of carbonyl (C=O) groups excluding carboxylic acids is 3. The molecule has 0 radical (unpaired) electrons. The molecule has 0 spiro atoms. The summed E-state index contributed by atoms with van der Waals surface area (Å²) < 4.78 is 5.17. The third-order valence-corrected chi connectivity index (χ3v) is 3.75. The van der Waals surface area contributed by atoms with Gasteiger partial charge in [0.05, 0.1) is 12.0 Å². The Morgan fingerprint density at radius 3 is 2.76 bits per heavy atom. The Hall–Kier alpha value is -2.28. The maximum absolute atomic E-state index is 12.1. The number of amides is 2. The molecule has 1 aromatic rings. The molecule has 0 aliphatic carbocycles. The molecule has 1 aliphatic rings. The highest BCUT2D eigenvalue weighted by Crippen LogP contribution is 2.33. The van der Waals surface area contributed by atoms with Crippen LogP contribution < -0.4 is 9.84 Å². The predicted molar refractivity (Wildman–Crippen MR) is 75.3 cm³/mol. The lowest BCUT2D eigenvalue weighted by Crippen LogP contribution is -2.33. The quantitative estimate of drug-likeness (QED) is 0.750. The van der Waals surface area contributed by atoms with Gasteiger partial charge in [-0.25, -0.2) is 0 Å². The maximum Gasteiger partial charge on any atom is 0.293 e. The summed E-state index contributed by atoms with van der Waals surface area (Å²) in [6, 6.07) is 7.08. The van der Waals surface area contributed by atoms with E-state index in [1.165, 1.54) is 7.11 Å². The molecule has 0 N–H and O–H groups in total. The highest BCUT2D eigenvalue weighted by Gasteiger charge is 2.34.